The van der Waals surface area contributed by atoms with Crippen molar-refractivity contribution in [1.29, 1.82) is 0 Å². The maximum absolute atomic E-state index is 13.7. The van der Waals surface area contributed by atoms with Crippen LogP contribution in [0.1, 0.15) is 46.8 Å². The van der Waals surface area contributed by atoms with Crippen LogP contribution in [-0.2, 0) is 17.8 Å². The Hall–Kier alpha value is -3.05. The summed E-state index contributed by atoms with van der Waals surface area (Å²) in [6.45, 7) is 5.95. The van der Waals surface area contributed by atoms with Crippen LogP contribution in [-0.4, -0.2) is 24.5 Å². The molecular weight excluding hydrogens is 408 g/mol. The molecule has 168 valence electrons. The van der Waals surface area contributed by atoms with Gasteiger partial charge in [0.05, 0.1) is 12.7 Å². The molecule has 0 heterocycles. The number of halogens is 2. The molecule has 0 aliphatic rings. The summed E-state index contributed by atoms with van der Waals surface area (Å²) in [5.74, 6) is -1.52. The van der Waals surface area contributed by atoms with Gasteiger partial charge in [-0.1, -0.05) is 43.7 Å². The minimum absolute atomic E-state index is 0.382. The highest BCUT2D eigenvalue weighted by Gasteiger charge is 2.17. The monoisotopic (exact) mass is 437 g/mol. The molecule has 0 aliphatic carbocycles. The molecule has 32 heavy (non-hydrogen) atoms. The number of carbonyl (C=O) groups excluding carboxylic acids is 1. The average Bonchev–Trinajstić information content (AvgIpc) is 2.76. The van der Waals surface area contributed by atoms with Crippen LogP contribution in [0.4, 0.5) is 8.78 Å². The van der Waals surface area contributed by atoms with Gasteiger partial charge < -0.3 is 4.74 Å². The second kappa shape index (κ2) is 11.0. The fraction of sp³-hybridized carbons (Fsp3) is 0.296. The zero-order valence-electron chi connectivity index (χ0n) is 18.8. The number of unbranched alkanes of at least 4 members (excludes halogenated alkanes) is 1. The first-order valence-electron chi connectivity index (χ1n) is 10.9. The summed E-state index contributed by atoms with van der Waals surface area (Å²) >= 11 is 0. The second-order valence-corrected chi connectivity index (χ2v) is 8.03. The van der Waals surface area contributed by atoms with Gasteiger partial charge in [0.2, 0.25) is 0 Å². The molecule has 0 fully saturated rings. The van der Waals surface area contributed by atoms with Crippen LogP contribution in [0.3, 0.4) is 0 Å². The smallest absolute Gasteiger partial charge is 0.338 e. The van der Waals surface area contributed by atoms with E-state index >= 15 is 0 Å². The summed E-state index contributed by atoms with van der Waals surface area (Å²) in [6.07, 6.45) is 1.99. The fourth-order valence-corrected chi connectivity index (χ4v) is 3.89. The summed E-state index contributed by atoms with van der Waals surface area (Å²) in [6, 6.07) is 17.3. The van der Waals surface area contributed by atoms with E-state index in [-0.39, 0.29) is 5.97 Å². The van der Waals surface area contributed by atoms with E-state index in [1.165, 1.54) is 19.2 Å². The number of ether oxygens (including phenoxy) is 1. The van der Waals surface area contributed by atoms with Gasteiger partial charge >= 0.3 is 5.97 Å². The van der Waals surface area contributed by atoms with E-state index in [4.69, 9.17) is 4.74 Å². The molecule has 0 saturated carbocycles. The lowest BCUT2D eigenvalue weighted by molar-refractivity contribution is 0.0601. The lowest BCUT2D eigenvalue weighted by Gasteiger charge is -2.23. The molecular formula is C27H29F2NO2. The minimum Gasteiger partial charge on any atom is -0.465 e. The molecule has 3 nitrogen and oxygen atoms in total. The predicted octanol–water partition coefficient (Wildman–Crippen LogP) is 6.53. The van der Waals surface area contributed by atoms with Crippen molar-refractivity contribution >= 4 is 5.97 Å². The molecule has 0 aromatic heterocycles. The van der Waals surface area contributed by atoms with Gasteiger partial charge in [-0.15, -0.1) is 0 Å². The Bertz CT molecular complexity index is 1060. The Morgan fingerprint density at radius 1 is 0.906 bits per heavy atom. The first kappa shape index (κ1) is 23.6. The van der Waals surface area contributed by atoms with Gasteiger partial charge in [-0.2, -0.15) is 0 Å². The Balaban J connectivity index is 1.94. The Labute approximate surface area is 188 Å². The highest BCUT2D eigenvalue weighted by molar-refractivity contribution is 5.97. The number of esters is 1. The molecule has 5 heteroatoms. The van der Waals surface area contributed by atoms with E-state index in [2.05, 4.69) is 11.8 Å². The van der Waals surface area contributed by atoms with Crippen LogP contribution in [0.25, 0.3) is 11.1 Å². The van der Waals surface area contributed by atoms with Gasteiger partial charge in [0.1, 0.15) is 11.6 Å². The Morgan fingerprint density at radius 2 is 1.59 bits per heavy atom. The zero-order valence-corrected chi connectivity index (χ0v) is 18.8. The zero-order chi connectivity index (χ0) is 23.1. The third kappa shape index (κ3) is 6.01. The molecule has 3 aromatic rings. The molecule has 0 amide bonds. The molecule has 0 atom stereocenters. The van der Waals surface area contributed by atoms with Crippen LogP contribution in [0.5, 0.6) is 0 Å². The lowest BCUT2D eigenvalue weighted by atomic mass is 9.94. The topological polar surface area (TPSA) is 29.5 Å². The first-order chi connectivity index (χ1) is 15.4. The Morgan fingerprint density at radius 3 is 2.25 bits per heavy atom. The predicted molar refractivity (Wildman–Crippen MR) is 123 cm³/mol. The average molecular weight is 438 g/mol. The van der Waals surface area contributed by atoms with Crippen molar-refractivity contribution in [3.8, 4) is 11.1 Å². The first-order valence-corrected chi connectivity index (χ1v) is 10.9. The van der Waals surface area contributed by atoms with E-state index < -0.39 is 11.6 Å². The van der Waals surface area contributed by atoms with Gasteiger partial charge in [0.25, 0.3) is 0 Å². The quantitative estimate of drug-likeness (QED) is 0.357. The molecule has 0 saturated heterocycles. The van der Waals surface area contributed by atoms with Crippen molar-refractivity contribution in [1.82, 2.24) is 4.90 Å². The SMILES string of the molecule is CCCCN(Cc1cc(F)cc(F)c1)Cc1ccc(C(=O)OC)c(-c2ccccc2C)c1. The largest absolute Gasteiger partial charge is 0.465 e. The Kier molecular flexibility index (Phi) is 8.12. The van der Waals surface area contributed by atoms with Crippen molar-refractivity contribution in [2.24, 2.45) is 0 Å². The molecule has 3 rings (SSSR count). The molecule has 0 N–H and O–H groups in total. The van der Waals surface area contributed by atoms with Gasteiger partial charge in [0, 0.05) is 19.2 Å². The third-order valence-electron chi connectivity index (χ3n) is 5.49. The third-order valence-corrected chi connectivity index (χ3v) is 5.49. The summed E-state index contributed by atoms with van der Waals surface area (Å²) in [4.78, 5) is 14.6. The summed E-state index contributed by atoms with van der Waals surface area (Å²) < 4.78 is 32.4. The van der Waals surface area contributed by atoms with E-state index in [1.807, 2.05) is 43.3 Å². The van der Waals surface area contributed by atoms with Crippen LogP contribution in [0.15, 0.2) is 60.7 Å². The summed E-state index contributed by atoms with van der Waals surface area (Å²) in [5, 5.41) is 0. The van der Waals surface area contributed by atoms with Crippen LogP contribution in [0.2, 0.25) is 0 Å². The molecule has 0 spiro atoms. The van der Waals surface area contributed by atoms with E-state index in [0.29, 0.717) is 24.2 Å². The number of hydrogen-bond acceptors (Lipinski definition) is 3. The summed E-state index contributed by atoms with van der Waals surface area (Å²) in [5.41, 5.74) is 4.99. The standard InChI is InChI=1S/C27H29F2NO2/c1-4-5-12-30(18-21-13-22(28)16-23(29)14-21)17-20-10-11-25(27(31)32-3)26(15-20)24-9-7-6-8-19(24)2/h6-11,13-16H,4-5,12,17-18H2,1-3H3. The number of hydrogen-bond donors (Lipinski definition) is 0. The number of benzene rings is 3. The number of rotatable bonds is 9. The maximum Gasteiger partial charge on any atom is 0.338 e. The number of nitrogens with zero attached hydrogens (tertiary/aromatic N) is 1. The normalized spacial score (nSPS) is 11.1. The van der Waals surface area contributed by atoms with Crippen LogP contribution >= 0.6 is 0 Å². The van der Waals surface area contributed by atoms with Crippen LogP contribution in [0, 0.1) is 18.6 Å². The highest BCUT2D eigenvalue weighted by Crippen LogP contribution is 2.29. The fourth-order valence-electron chi connectivity index (χ4n) is 3.89. The minimum atomic E-state index is -0.570. The lowest BCUT2D eigenvalue weighted by Crippen LogP contribution is -2.24. The molecule has 0 radical (unpaired) electrons. The maximum atomic E-state index is 13.7. The van der Waals surface area contributed by atoms with E-state index in [9.17, 15) is 13.6 Å². The second-order valence-electron chi connectivity index (χ2n) is 8.03. The number of carbonyl (C=O) groups is 1. The highest BCUT2D eigenvalue weighted by atomic mass is 19.1. The van der Waals surface area contributed by atoms with E-state index in [0.717, 1.165) is 47.7 Å². The van der Waals surface area contributed by atoms with Gasteiger partial charge in [-0.3, -0.25) is 4.90 Å². The van der Waals surface area contributed by atoms with Crippen molar-refractivity contribution in [2.75, 3.05) is 13.7 Å². The van der Waals surface area contributed by atoms with Crippen molar-refractivity contribution < 1.29 is 18.3 Å². The molecule has 0 aliphatic heterocycles. The van der Waals surface area contributed by atoms with Crippen LogP contribution < -0.4 is 0 Å². The van der Waals surface area contributed by atoms with Crippen molar-refractivity contribution in [3.05, 3.63) is 94.6 Å². The summed E-state index contributed by atoms with van der Waals surface area (Å²) in [7, 11) is 1.38. The van der Waals surface area contributed by atoms with Crippen molar-refractivity contribution in [3.63, 3.8) is 0 Å². The molecule has 0 bridgehead atoms. The number of methoxy groups -OCH3 is 1. The molecule has 0 unspecified atom stereocenters. The van der Waals surface area contributed by atoms with E-state index in [1.54, 1.807) is 6.07 Å². The van der Waals surface area contributed by atoms with Crippen molar-refractivity contribution in [2.45, 2.75) is 39.8 Å². The van der Waals surface area contributed by atoms with Gasteiger partial charge in [-0.25, -0.2) is 13.6 Å². The molecule has 3 aromatic carbocycles. The van der Waals surface area contributed by atoms with Gasteiger partial charge in [0.15, 0.2) is 0 Å². The van der Waals surface area contributed by atoms with Gasteiger partial charge in [-0.05, 0) is 72.0 Å². The number of aryl methyl sites for hydroxylation is 1.